The van der Waals surface area contributed by atoms with E-state index in [2.05, 4.69) is 5.32 Å². The molecular formula is C18H20FNO5S. The minimum Gasteiger partial charge on any atom is -0.451 e. The molecule has 1 aromatic carbocycles. The molecule has 1 aliphatic rings. The van der Waals surface area contributed by atoms with Crippen LogP contribution in [0.25, 0.3) is 10.1 Å². The SMILES string of the molecule is COCc1c(C(=O)OCC(=O)NC[C@@H]2CCCO2)sc2cccc(F)c12. The second-order valence-electron chi connectivity index (χ2n) is 5.97. The van der Waals surface area contributed by atoms with Crippen molar-refractivity contribution < 1.29 is 28.2 Å². The van der Waals surface area contributed by atoms with E-state index in [0.29, 0.717) is 28.8 Å². The zero-order valence-corrected chi connectivity index (χ0v) is 15.2. The van der Waals surface area contributed by atoms with E-state index in [9.17, 15) is 14.0 Å². The molecule has 0 saturated carbocycles. The number of halogens is 1. The summed E-state index contributed by atoms with van der Waals surface area (Å²) in [6, 6.07) is 4.65. The molecule has 0 unspecified atom stereocenters. The van der Waals surface area contributed by atoms with Crippen molar-refractivity contribution in [2.45, 2.75) is 25.6 Å². The van der Waals surface area contributed by atoms with Gasteiger partial charge in [0.05, 0.1) is 12.7 Å². The van der Waals surface area contributed by atoms with Crippen LogP contribution in [0, 0.1) is 5.82 Å². The third-order valence-electron chi connectivity index (χ3n) is 4.12. The summed E-state index contributed by atoms with van der Waals surface area (Å²) in [4.78, 5) is 24.5. The van der Waals surface area contributed by atoms with Crippen LogP contribution in [0.4, 0.5) is 4.39 Å². The second-order valence-corrected chi connectivity index (χ2v) is 7.02. The van der Waals surface area contributed by atoms with E-state index in [1.807, 2.05) is 0 Å². The summed E-state index contributed by atoms with van der Waals surface area (Å²) in [5.74, 6) is -1.47. The van der Waals surface area contributed by atoms with Gasteiger partial charge in [0.1, 0.15) is 10.7 Å². The molecule has 0 bridgehead atoms. The van der Waals surface area contributed by atoms with Crippen LogP contribution in [0.15, 0.2) is 18.2 Å². The number of esters is 1. The predicted molar refractivity (Wildman–Crippen MR) is 94.8 cm³/mol. The van der Waals surface area contributed by atoms with Crippen molar-refractivity contribution in [3.8, 4) is 0 Å². The number of carbonyl (C=O) groups is 2. The predicted octanol–water partition coefficient (Wildman–Crippen LogP) is 2.64. The van der Waals surface area contributed by atoms with E-state index >= 15 is 0 Å². The molecule has 1 N–H and O–H groups in total. The number of methoxy groups -OCH3 is 1. The molecule has 1 fully saturated rings. The molecule has 140 valence electrons. The molecule has 1 atom stereocenters. The summed E-state index contributed by atoms with van der Waals surface area (Å²) in [5.41, 5.74) is 0.440. The first-order valence-electron chi connectivity index (χ1n) is 8.34. The third-order valence-corrected chi connectivity index (χ3v) is 5.30. The lowest BCUT2D eigenvalue weighted by Gasteiger charge is -2.11. The normalized spacial score (nSPS) is 16.8. The van der Waals surface area contributed by atoms with Crippen LogP contribution in [0.1, 0.15) is 28.1 Å². The van der Waals surface area contributed by atoms with Crippen LogP contribution in [-0.2, 0) is 25.6 Å². The summed E-state index contributed by atoms with van der Waals surface area (Å²) in [7, 11) is 1.47. The highest BCUT2D eigenvalue weighted by Crippen LogP contribution is 2.34. The van der Waals surface area contributed by atoms with E-state index in [1.54, 1.807) is 12.1 Å². The van der Waals surface area contributed by atoms with Gasteiger partial charge >= 0.3 is 5.97 Å². The minimum absolute atomic E-state index is 0.0218. The standard InChI is InChI=1S/C18H20FNO5S/c1-23-9-12-16-13(19)5-2-6-14(16)26-17(12)18(22)25-10-15(21)20-8-11-4-3-7-24-11/h2,5-6,11H,3-4,7-10H2,1H3,(H,20,21)/t11-/m0/s1. The molecule has 3 rings (SSSR count). The Balaban J connectivity index is 1.64. The quantitative estimate of drug-likeness (QED) is 0.747. The highest BCUT2D eigenvalue weighted by molar-refractivity contribution is 7.21. The molecule has 8 heteroatoms. The van der Waals surface area contributed by atoms with Crippen LogP contribution in [0.2, 0.25) is 0 Å². The summed E-state index contributed by atoms with van der Waals surface area (Å²) in [6.45, 7) is 0.797. The number of thiophene rings is 1. The van der Waals surface area contributed by atoms with E-state index < -0.39 is 24.3 Å². The summed E-state index contributed by atoms with van der Waals surface area (Å²) in [6.07, 6.45) is 1.92. The Hall–Kier alpha value is -2.03. The lowest BCUT2D eigenvalue weighted by Crippen LogP contribution is -2.34. The number of nitrogens with one attached hydrogen (secondary N) is 1. The monoisotopic (exact) mass is 381 g/mol. The number of amides is 1. The van der Waals surface area contributed by atoms with Gasteiger partial charge in [-0.15, -0.1) is 11.3 Å². The Morgan fingerprint density at radius 3 is 3.00 bits per heavy atom. The maximum Gasteiger partial charge on any atom is 0.349 e. The van der Waals surface area contributed by atoms with Gasteiger partial charge in [0.15, 0.2) is 6.61 Å². The van der Waals surface area contributed by atoms with Crippen molar-refractivity contribution in [1.29, 1.82) is 0 Å². The smallest absolute Gasteiger partial charge is 0.349 e. The number of ether oxygens (including phenoxy) is 3. The van der Waals surface area contributed by atoms with E-state index in [4.69, 9.17) is 14.2 Å². The van der Waals surface area contributed by atoms with E-state index in [0.717, 1.165) is 24.2 Å². The Morgan fingerprint density at radius 2 is 2.27 bits per heavy atom. The average molecular weight is 381 g/mol. The molecule has 1 saturated heterocycles. The Morgan fingerprint density at radius 1 is 1.42 bits per heavy atom. The Bertz CT molecular complexity index is 800. The maximum atomic E-state index is 14.1. The first-order valence-corrected chi connectivity index (χ1v) is 9.16. The van der Waals surface area contributed by atoms with E-state index in [1.165, 1.54) is 13.2 Å². The fourth-order valence-corrected chi connectivity index (χ4v) is 4.01. The van der Waals surface area contributed by atoms with Gasteiger partial charge in [-0.1, -0.05) is 6.07 Å². The van der Waals surface area contributed by atoms with Crippen LogP contribution in [0.5, 0.6) is 0 Å². The molecule has 0 aliphatic carbocycles. The largest absolute Gasteiger partial charge is 0.451 e. The Labute approximate surface area is 154 Å². The maximum absolute atomic E-state index is 14.1. The summed E-state index contributed by atoms with van der Waals surface area (Å²) < 4.78 is 30.4. The summed E-state index contributed by atoms with van der Waals surface area (Å²) >= 11 is 1.13. The molecular weight excluding hydrogens is 361 g/mol. The zero-order valence-electron chi connectivity index (χ0n) is 14.4. The van der Waals surface area contributed by atoms with Gasteiger partial charge in [-0.05, 0) is 25.0 Å². The first kappa shape index (κ1) is 18.8. The minimum atomic E-state index is -0.662. The number of hydrogen-bond donors (Lipinski definition) is 1. The number of hydrogen-bond acceptors (Lipinski definition) is 6. The summed E-state index contributed by atoms with van der Waals surface area (Å²) in [5, 5.41) is 3.04. The van der Waals surface area contributed by atoms with Gasteiger partial charge in [-0.3, -0.25) is 4.79 Å². The second kappa shape index (κ2) is 8.57. The Kier molecular flexibility index (Phi) is 6.18. The van der Waals surface area contributed by atoms with Crippen molar-refractivity contribution in [2.75, 3.05) is 26.9 Å². The zero-order chi connectivity index (χ0) is 18.5. The van der Waals surface area contributed by atoms with Gasteiger partial charge in [0.25, 0.3) is 5.91 Å². The molecule has 2 heterocycles. The number of benzene rings is 1. The van der Waals surface area contributed by atoms with Crippen molar-refractivity contribution in [3.05, 3.63) is 34.5 Å². The van der Waals surface area contributed by atoms with Crippen LogP contribution in [-0.4, -0.2) is 44.8 Å². The van der Waals surface area contributed by atoms with Gasteiger partial charge < -0.3 is 19.5 Å². The molecule has 0 spiro atoms. The number of carbonyl (C=O) groups excluding carboxylic acids is 2. The van der Waals surface area contributed by atoms with Crippen molar-refractivity contribution in [2.24, 2.45) is 0 Å². The van der Waals surface area contributed by atoms with Crippen LogP contribution < -0.4 is 5.32 Å². The molecule has 0 radical (unpaired) electrons. The average Bonchev–Trinajstić information content (AvgIpc) is 3.27. The molecule has 1 aliphatic heterocycles. The van der Waals surface area contributed by atoms with Crippen LogP contribution in [0.3, 0.4) is 0 Å². The topological polar surface area (TPSA) is 73.9 Å². The molecule has 2 aromatic rings. The number of fused-ring (bicyclic) bond motifs is 1. The van der Waals surface area contributed by atoms with Gasteiger partial charge in [0, 0.05) is 35.9 Å². The van der Waals surface area contributed by atoms with Gasteiger partial charge in [0.2, 0.25) is 0 Å². The molecule has 6 nitrogen and oxygen atoms in total. The van der Waals surface area contributed by atoms with Crippen molar-refractivity contribution in [1.82, 2.24) is 5.32 Å². The van der Waals surface area contributed by atoms with Crippen molar-refractivity contribution >= 4 is 33.3 Å². The highest BCUT2D eigenvalue weighted by atomic mass is 32.1. The first-order chi connectivity index (χ1) is 12.6. The number of rotatable bonds is 7. The highest BCUT2D eigenvalue weighted by Gasteiger charge is 2.23. The van der Waals surface area contributed by atoms with Gasteiger partial charge in [-0.2, -0.15) is 0 Å². The molecule has 1 amide bonds. The van der Waals surface area contributed by atoms with Crippen LogP contribution >= 0.6 is 11.3 Å². The lowest BCUT2D eigenvalue weighted by atomic mass is 10.1. The fraction of sp³-hybridized carbons (Fsp3) is 0.444. The fourth-order valence-electron chi connectivity index (χ4n) is 2.89. The lowest BCUT2D eigenvalue weighted by molar-refractivity contribution is -0.124. The molecule has 1 aromatic heterocycles. The van der Waals surface area contributed by atoms with Crippen molar-refractivity contribution in [3.63, 3.8) is 0 Å². The van der Waals surface area contributed by atoms with E-state index in [-0.39, 0.29) is 17.6 Å². The van der Waals surface area contributed by atoms with Gasteiger partial charge in [-0.25, -0.2) is 9.18 Å². The third kappa shape index (κ3) is 4.20. The molecule has 26 heavy (non-hydrogen) atoms.